The Hall–Kier alpha value is -1.50. The summed E-state index contributed by atoms with van der Waals surface area (Å²) in [5.41, 5.74) is 7.07. The van der Waals surface area contributed by atoms with Gasteiger partial charge < -0.3 is 4.90 Å². The summed E-state index contributed by atoms with van der Waals surface area (Å²) >= 11 is 0. The number of nitrogens with one attached hydrogen (secondary N) is 2. The molecule has 2 fully saturated rings. The Morgan fingerprint density at radius 1 is 1.25 bits per heavy atom. The molecule has 0 radical (unpaired) electrons. The number of benzene rings is 1. The predicted octanol–water partition coefficient (Wildman–Crippen LogP) is 1.53. The fourth-order valence-electron chi connectivity index (χ4n) is 3.54. The zero-order valence-electron chi connectivity index (χ0n) is 14.6. The lowest BCUT2D eigenvalue weighted by atomic mass is 10.0. The van der Waals surface area contributed by atoms with Gasteiger partial charge in [-0.05, 0) is 45.3 Å². The van der Waals surface area contributed by atoms with E-state index in [1.54, 1.807) is 49.1 Å². The van der Waals surface area contributed by atoms with Gasteiger partial charge in [0.15, 0.2) is 0 Å². The highest BCUT2D eigenvalue weighted by Crippen LogP contribution is 2.35. The van der Waals surface area contributed by atoms with Crippen molar-refractivity contribution < 1.29 is 9.18 Å². The third-order valence-corrected chi connectivity index (χ3v) is 5.02. The van der Waals surface area contributed by atoms with Gasteiger partial charge in [0.05, 0.1) is 0 Å². The Bertz CT molecular complexity index is 590. The van der Waals surface area contributed by atoms with Crippen molar-refractivity contribution in [1.82, 2.24) is 20.7 Å². The number of rotatable bonds is 6. The molecule has 1 aliphatic heterocycles. The van der Waals surface area contributed by atoms with E-state index in [1.165, 1.54) is 18.9 Å². The van der Waals surface area contributed by atoms with E-state index in [1.807, 2.05) is 0 Å². The maximum absolute atomic E-state index is 14.2. The van der Waals surface area contributed by atoms with Crippen molar-refractivity contribution in [3.8, 4) is 0 Å². The molecule has 5 nitrogen and oxygen atoms in total. The molecule has 1 aromatic rings. The van der Waals surface area contributed by atoms with Crippen LogP contribution in [-0.4, -0.2) is 55.5 Å². The fourth-order valence-corrected chi connectivity index (χ4v) is 3.54. The molecule has 0 spiro atoms. The first-order valence-corrected chi connectivity index (χ1v) is 8.64. The molecule has 1 saturated heterocycles. The third-order valence-electron chi connectivity index (χ3n) is 5.02. The Morgan fingerprint density at radius 2 is 1.96 bits per heavy atom. The van der Waals surface area contributed by atoms with E-state index in [-0.39, 0.29) is 17.8 Å². The standard InChI is InChI=1S/C18H27FN4O/c1-22(2)17(14-6-4-5-7-15(14)19)18(24)23(3)11-13-10-16(21-20-13)12-8-9-12/h4-7,12-13,16-17,20-21H,8-11H2,1-3H3. The second kappa shape index (κ2) is 7.17. The summed E-state index contributed by atoms with van der Waals surface area (Å²) in [6, 6.07) is 6.66. The zero-order valence-corrected chi connectivity index (χ0v) is 14.6. The van der Waals surface area contributed by atoms with E-state index >= 15 is 0 Å². The normalized spacial score (nSPS) is 25.0. The number of nitrogens with zero attached hydrogens (tertiary/aromatic N) is 2. The predicted molar refractivity (Wildman–Crippen MR) is 91.7 cm³/mol. The van der Waals surface area contributed by atoms with Gasteiger partial charge in [-0.1, -0.05) is 18.2 Å². The van der Waals surface area contributed by atoms with Crippen LogP contribution in [0, 0.1) is 11.7 Å². The third kappa shape index (κ3) is 3.77. The Kier molecular flexibility index (Phi) is 5.18. The molecule has 2 aliphatic rings. The summed E-state index contributed by atoms with van der Waals surface area (Å²) in [6.07, 6.45) is 3.64. The second-order valence-corrected chi connectivity index (χ2v) is 7.27. The lowest BCUT2D eigenvalue weighted by Gasteiger charge is -2.30. The van der Waals surface area contributed by atoms with Crippen LogP contribution in [0.25, 0.3) is 0 Å². The Morgan fingerprint density at radius 3 is 2.58 bits per heavy atom. The molecule has 1 saturated carbocycles. The minimum atomic E-state index is -0.607. The maximum Gasteiger partial charge on any atom is 0.244 e. The monoisotopic (exact) mass is 334 g/mol. The zero-order chi connectivity index (χ0) is 17.3. The van der Waals surface area contributed by atoms with E-state index in [9.17, 15) is 9.18 Å². The molecule has 1 aromatic carbocycles. The Labute approximate surface area is 143 Å². The number of likely N-dealkylation sites (N-methyl/N-ethyl adjacent to an activating group) is 2. The molecule has 24 heavy (non-hydrogen) atoms. The molecule has 1 aliphatic carbocycles. The molecular formula is C18H27FN4O. The summed E-state index contributed by atoms with van der Waals surface area (Å²) < 4.78 is 14.2. The number of amides is 1. The molecule has 0 aromatic heterocycles. The minimum absolute atomic E-state index is 0.0817. The molecule has 0 bridgehead atoms. The number of halogens is 1. The van der Waals surface area contributed by atoms with E-state index in [4.69, 9.17) is 0 Å². The summed E-state index contributed by atoms with van der Waals surface area (Å²) in [5, 5.41) is 0. The van der Waals surface area contributed by atoms with E-state index < -0.39 is 6.04 Å². The largest absolute Gasteiger partial charge is 0.342 e. The van der Waals surface area contributed by atoms with Crippen molar-refractivity contribution >= 4 is 5.91 Å². The number of hydrazine groups is 1. The van der Waals surface area contributed by atoms with Gasteiger partial charge in [0.2, 0.25) is 5.91 Å². The molecule has 3 rings (SSSR count). The van der Waals surface area contributed by atoms with E-state index in [0.29, 0.717) is 18.2 Å². The van der Waals surface area contributed by atoms with Crippen LogP contribution in [0.4, 0.5) is 4.39 Å². The van der Waals surface area contributed by atoms with Crippen molar-refractivity contribution in [3.05, 3.63) is 35.6 Å². The van der Waals surface area contributed by atoms with Crippen molar-refractivity contribution in [3.63, 3.8) is 0 Å². The van der Waals surface area contributed by atoms with Gasteiger partial charge in [0.1, 0.15) is 11.9 Å². The van der Waals surface area contributed by atoms with Gasteiger partial charge >= 0.3 is 0 Å². The van der Waals surface area contributed by atoms with Gasteiger partial charge in [-0.3, -0.25) is 20.5 Å². The maximum atomic E-state index is 14.2. The fraction of sp³-hybridized carbons (Fsp3) is 0.611. The quantitative estimate of drug-likeness (QED) is 0.828. The number of carbonyl (C=O) groups excluding carboxylic acids is 1. The molecule has 6 heteroatoms. The number of hydrogen-bond donors (Lipinski definition) is 2. The minimum Gasteiger partial charge on any atom is -0.342 e. The first-order chi connectivity index (χ1) is 11.5. The highest BCUT2D eigenvalue weighted by Gasteiger charge is 2.37. The molecule has 1 heterocycles. The molecule has 3 unspecified atom stereocenters. The van der Waals surface area contributed by atoms with Crippen molar-refractivity contribution in [2.45, 2.75) is 37.4 Å². The van der Waals surface area contributed by atoms with Crippen LogP contribution in [0.1, 0.15) is 30.9 Å². The van der Waals surface area contributed by atoms with Crippen LogP contribution in [0.5, 0.6) is 0 Å². The van der Waals surface area contributed by atoms with Crippen LogP contribution in [0.3, 0.4) is 0 Å². The van der Waals surface area contributed by atoms with Crippen molar-refractivity contribution in [2.24, 2.45) is 5.92 Å². The van der Waals surface area contributed by atoms with E-state index in [2.05, 4.69) is 10.9 Å². The lowest BCUT2D eigenvalue weighted by molar-refractivity contribution is -0.135. The molecular weight excluding hydrogens is 307 g/mol. The lowest BCUT2D eigenvalue weighted by Crippen LogP contribution is -2.45. The molecule has 2 N–H and O–H groups in total. The molecule has 132 valence electrons. The smallest absolute Gasteiger partial charge is 0.244 e. The highest BCUT2D eigenvalue weighted by molar-refractivity contribution is 5.83. The second-order valence-electron chi connectivity index (χ2n) is 7.27. The van der Waals surface area contributed by atoms with Gasteiger partial charge in [-0.25, -0.2) is 4.39 Å². The van der Waals surface area contributed by atoms with Gasteiger partial charge in [0.25, 0.3) is 0 Å². The van der Waals surface area contributed by atoms with Gasteiger partial charge in [0, 0.05) is 31.2 Å². The first-order valence-electron chi connectivity index (χ1n) is 8.64. The van der Waals surface area contributed by atoms with Crippen LogP contribution in [-0.2, 0) is 4.79 Å². The van der Waals surface area contributed by atoms with Gasteiger partial charge in [-0.2, -0.15) is 0 Å². The molecule has 1 amide bonds. The van der Waals surface area contributed by atoms with Crippen molar-refractivity contribution in [1.29, 1.82) is 0 Å². The summed E-state index contributed by atoms with van der Waals surface area (Å²) in [7, 11) is 5.41. The number of carbonyl (C=O) groups is 1. The Balaban J connectivity index is 1.65. The van der Waals surface area contributed by atoms with Crippen LogP contribution < -0.4 is 10.9 Å². The van der Waals surface area contributed by atoms with Crippen LogP contribution >= 0.6 is 0 Å². The summed E-state index contributed by atoms with van der Waals surface area (Å²) in [6.45, 7) is 0.619. The average Bonchev–Trinajstić information content (AvgIpc) is 3.29. The van der Waals surface area contributed by atoms with Crippen LogP contribution in [0.2, 0.25) is 0 Å². The topological polar surface area (TPSA) is 47.6 Å². The first kappa shape index (κ1) is 17.3. The number of hydrogen-bond acceptors (Lipinski definition) is 4. The highest BCUT2D eigenvalue weighted by atomic mass is 19.1. The van der Waals surface area contributed by atoms with Crippen molar-refractivity contribution in [2.75, 3.05) is 27.7 Å². The summed E-state index contributed by atoms with van der Waals surface area (Å²) in [5.74, 6) is 0.366. The SMILES string of the molecule is CN(CC1CC(C2CC2)NN1)C(=O)C(c1ccccc1F)N(C)C. The average molecular weight is 334 g/mol. The summed E-state index contributed by atoms with van der Waals surface area (Å²) in [4.78, 5) is 16.4. The van der Waals surface area contributed by atoms with Crippen LogP contribution in [0.15, 0.2) is 24.3 Å². The van der Waals surface area contributed by atoms with E-state index in [0.717, 1.165) is 12.3 Å². The molecule has 3 atom stereocenters. The van der Waals surface area contributed by atoms with Gasteiger partial charge in [-0.15, -0.1) is 0 Å².